The largest absolute Gasteiger partial charge is 0.394 e. The number of benzene rings is 1. The molecule has 1 aromatic heterocycles. The number of aromatic nitrogens is 2. The Morgan fingerprint density at radius 1 is 1.41 bits per heavy atom. The van der Waals surface area contributed by atoms with Gasteiger partial charge in [-0.25, -0.2) is 4.79 Å². The van der Waals surface area contributed by atoms with Crippen LogP contribution in [0.3, 0.4) is 0 Å². The van der Waals surface area contributed by atoms with Crippen LogP contribution in [0.2, 0.25) is 0 Å². The van der Waals surface area contributed by atoms with Crippen LogP contribution in [0.1, 0.15) is 25.1 Å². The van der Waals surface area contributed by atoms with E-state index in [0.29, 0.717) is 18.5 Å². The van der Waals surface area contributed by atoms with Crippen molar-refractivity contribution in [3.8, 4) is 0 Å². The summed E-state index contributed by atoms with van der Waals surface area (Å²) in [5, 5.41) is 19.2. The van der Waals surface area contributed by atoms with Gasteiger partial charge in [0.2, 0.25) is 6.41 Å². The third-order valence-corrected chi connectivity index (χ3v) is 4.65. The fraction of sp³-hybridized carbons (Fsp3) is 0.389. The van der Waals surface area contributed by atoms with Crippen molar-refractivity contribution in [3.63, 3.8) is 0 Å². The highest BCUT2D eigenvalue weighted by Crippen LogP contribution is 2.33. The first-order chi connectivity index (χ1) is 13.0. The fourth-order valence-electron chi connectivity index (χ4n) is 3.20. The number of nitrogens with two attached hydrogens (primary N) is 1. The first-order valence-electron chi connectivity index (χ1n) is 8.65. The van der Waals surface area contributed by atoms with E-state index in [9.17, 15) is 19.8 Å². The predicted molar refractivity (Wildman–Crippen MR) is 98.6 cm³/mol. The molecule has 1 amide bonds. The zero-order valence-corrected chi connectivity index (χ0v) is 14.9. The highest BCUT2D eigenvalue weighted by molar-refractivity contribution is 5.91. The second-order valence-corrected chi connectivity index (χ2v) is 6.27. The molecule has 0 radical (unpaired) electrons. The molecule has 1 saturated heterocycles. The molecule has 0 spiro atoms. The summed E-state index contributed by atoms with van der Waals surface area (Å²) < 4.78 is 6.70. The van der Waals surface area contributed by atoms with Gasteiger partial charge in [0.25, 0.3) is 0 Å². The number of amides is 1. The van der Waals surface area contributed by atoms with Gasteiger partial charge in [-0.15, -0.1) is 0 Å². The molecule has 9 heteroatoms. The summed E-state index contributed by atoms with van der Waals surface area (Å²) in [7, 11) is 0. The highest BCUT2D eigenvalue weighted by atomic mass is 16.5. The monoisotopic (exact) mass is 374 g/mol. The molecule has 1 fully saturated rings. The van der Waals surface area contributed by atoms with Gasteiger partial charge >= 0.3 is 5.69 Å². The molecule has 0 aliphatic carbocycles. The number of nitrogens with zero attached hydrogens (tertiary/aromatic N) is 3. The van der Waals surface area contributed by atoms with E-state index < -0.39 is 24.1 Å². The normalized spacial score (nSPS) is 22.0. The number of para-hydroxylation sites is 1. The molecule has 2 aromatic rings. The first-order valence-corrected chi connectivity index (χ1v) is 8.65. The molecule has 4 N–H and O–H groups in total. The van der Waals surface area contributed by atoms with Crippen molar-refractivity contribution in [2.45, 2.75) is 38.2 Å². The zero-order valence-electron chi connectivity index (χ0n) is 14.9. The van der Waals surface area contributed by atoms with Gasteiger partial charge < -0.3 is 20.7 Å². The van der Waals surface area contributed by atoms with Gasteiger partial charge in [-0.2, -0.15) is 4.98 Å². The average Bonchev–Trinajstić information content (AvgIpc) is 3.04. The summed E-state index contributed by atoms with van der Waals surface area (Å²) in [6.07, 6.45) is 0.306. The number of ether oxygens (including phenoxy) is 1. The lowest BCUT2D eigenvalue weighted by molar-refractivity contribution is -0.106. The Labute approximate surface area is 155 Å². The van der Waals surface area contributed by atoms with E-state index in [2.05, 4.69) is 4.98 Å². The third-order valence-electron chi connectivity index (χ3n) is 4.65. The molecule has 2 heterocycles. The number of nitrogen functional groups attached to an aromatic ring is 1. The van der Waals surface area contributed by atoms with Gasteiger partial charge in [-0.1, -0.05) is 25.1 Å². The lowest BCUT2D eigenvalue weighted by Gasteiger charge is -2.23. The average molecular weight is 374 g/mol. The van der Waals surface area contributed by atoms with E-state index >= 15 is 0 Å². The summed E-state index contributed by atoms with van der Waals surface area (Å²) in [5.74, 6) is -0.0912. The quantitative estimate of drug-likeness (QED) is 0.621. The van der Waals surface area contributed by atoms with Gasteiger partial charge in [0.05, 0.1) is 18.4 Å². The minimum Gasteiger partial charge on any atom is -0.394 e. The van der Waals surface area contributed by atoms with Crippen LogP contribution in [0.4, 0.5) is 17.2 Å². The van der Waals surface area contributed by atoms with Gasteiger partial charge in [-0.3, -0.25) is 14.3 Å². The van der Waals surface area contributed by atoms with Crippen LogP contribution in [0.5, 0.6) is 0 Å². The number of hydrogen-bond acceptors (Lipinski definition) is 7. The molecule has 27 heavy (non-hydrogen) atoms. The number of rotatable bonds is 6. The van der Waals surface area contributed by atoms with Crippen molar-refractivity contribution in [2.75, 3.05) is 17.2 Å². The molecule has 0 bridgehead atoms. The lowest BCUT2D eigenvalue weighted by atomic mass is 10.1. The van der Waals surface area contributed by atoms with E-state index in [1.165, 1.54) is 15.7 Å². The van der Waals surface area contributed by atoms with E-state index in [1.54, 1.807) is 12.1 Å². The van der Waals surface area contributed by atoms with Crippen LogP contribution in [0, 0.1) is 0 Å². The molecular weight excluding hydrogens is 352 g/mol. The second kappa shape index (κ2) is 7.87. The van der Waals surface area contributed by atoms with Gasteiger partial charge in [0.15, 0.2) is 5.82 Å². The topological polar surface area (TPSA) is 131 Å². The van der Waals surface area contributed by atoms with Gasteiger partial charge in [-0.05, 0) is 18.1 Å². The maximum absolute atomic E-state index is 12.3. The Kier molecular flexibility index (Phi) is 5.54. The van der Waals surface area contributed by atoms with E-state index in [1.807, 2.05) is 19.1 Å². The zero-order chi connectivity index (χ0) is 19.6. The maximum atomic E-state index is 12.3. The van der Waals surface area contributed by atoms with E-state index in [0.717, 1.165) is 5.56 Å². The number of anilines is 3. The minimum absolute atomic E-state index is 0.0912. The summed E-state index contributed by atoms with van der Waals surface area (Å²) in [6, 6.07) is 7.34. The van der Waals surface area contributed by atoms with Crippen molar-refractivity contribution < 1.29 is 19.7 Å². The number of carbonyl (C=O) groups excluding carboxylic acids is 1. The third kappa shape index (κ3) is 3.57. The van der Waals surface area contributed by atoms with E-state index in [-0.39, 0.29) is 24.5 Å². The molecular formula is C18H22N4O5. The highest BCUT2D eigenvalue weighted by Gasteiger charge is 2.35. The molecule has 3 rings (SSSR count). The van der Waals surface area contributed by atoms with Crippen LogP contribution in [0.15, 0.2) is 35.3 Å². The predicted octanol–water partition coefficient (Wildman–Crippen LogP) is 0.323. The minimum atomic E-state index is -0.907. The molecule has 1 aliphatic heterocycles. The number of aliphatic hydroxyl groups is 2. The Bertz CT molecular complexity index is 884. The Morgan fingerprint density at radius 3 is 2.78 bits per heavy atom. The molecule has 9 nitrogen and oxygen atoms in total. The second-order valence-electron chi connectivity index (χ2n) is 6.27. The summed E-state index contributed by atoms with van der Waals surface area (Å²) in [6.45, 7) is 1.60. The Morgan fingerprint density at radius 2 is 2.15 bits per heavy atom. The lowest BCUT2D eigenvalue weighted by Crippen LogP contribution is -2.30. The summed E-state index contributed by atoms with van der Waals surface area (Å²) in [5.41, 5.74) is 7.05. The SMILES string of the molecule is CCc1ccccc1N(C=O)c1cn([C@H]2C[C@H](O)[C@@H](CO)O2)c(=O)nc1N. The van der Waals surface area contributed by atoms with Crippen molar-refractivity contribution in [2.24, 2.45) is 0 Å². The molecule has 1 aromatic carbocycles. The van der Waals surface area contributed by atoms with Crippen LogP contribution in [-0.4, -0.2) is 45.0 Å². The Hall–Kier alpha value is -2.75. The van der Waals surface area contributed by atoms with Crippen LogP contribution < -0.4 is 16.3 Å². The summed E-state index contributed by atoms with van der Waals surface area (Å²) >= 11 is 0. The Balaban J connectivity index is 2.05. The molecule has 1 aliphatic rings. The molecule has 3 atom stereocenters. The van der Waals surface area contributed by atoms with Crippen LogP contribution in [-0.2, 0) is 16.0 Å². The van der Waals surface area contributed by atoms with Crippen molar-refractivity contribution in [3.05, 3.63) is 46.5 Å². The number of hydrogen-bond donors (Lipinski definition) is 3. The maximum Gasteiger partial charge on any atom is 0.351 e. The smallest absolute Gasteiger partial charge is 0.351 e. The first kappa shape index (κ1) is 19.0. The summed E-state index contributed by atoms with van der Waals surface area (Å²) in [4.78, 5) is 29.3. The van der Waals surface area contributed by atoms with Crippen molar-refractivity contribution >= 4 is 23.6 Å². The van der Waals surface area contributed by atoms with Crippen LogP contribution >= 0.6 is 0 Å². The van der Waals surface area contributed by atoms with Crippen molar-refractivity contribution in [1.82, 2.24) is 9.55 Å². The fourth-order valence-corrected chi connectivity index (χ4v) is 3.20. The van der Waals surface area contributed by atoms with Crippen LogP contribution in [0.25, 0.3) is 0 Å². The standard InChI is InChI=1S/C18H22N4O5/c1-2-11-5-3-4-6-12(11)22(10-24)13-8-21(18(26)20-17(13)19)16-7-14(25)15(9-23)27-16/h3-6,8,10,14-16,23,25H,2,7,9H2,1H3,(H2,19,20,26)/t14-,15+,16+/m0/s1. The van der Waals surface area contributed by atoms with Crippen molar-refractivity contribution in [1.29, 1.82) is 0 Å². The molecule has 0 unspecified atom stereocenters. The van der Waals surface area contributed by atoms with Gasteiger partial charge in [0.1, 0.15) is 18.0 Å². The molecule has 144 valence electrons. The van der Waals surface area contributed by atoms with Gasteiger partial charge in [0, 0.05) is 12.6 Å². The number of aliphatic hydroxyl groups excluding tert-OH is 2. The van der Waals surface area contributed by atoms with E-state index in [4.69, 9.17) is 10.5 Å². The molecule has 0 saturated carbocycles. The number of aryl methyl sites for hydroxylation is 1. The number of carbonyl (C=O) groups is 1.